The van der Waals surface area contributed by atoms with Gasteiger partial charge in [-0.2, -0.15) is 0 Å². The summed E-state index contributed by atoms with van der Waals surface area (Å²) in [5.74, 6) is 0.250. The highest BCUT2D eigenvalue weighted by Crippen LogP contribution is 2.27. The Balaban J connectivity index is 2.48. The van der Waals surface area contributed by atoms with Crippen molar-refractivity contribution in [2.75, 3.05) is 12.5 Å². The number of hydrogen-bond donors (Lipinski definition) is 1. The number of alkyl halides is 1. The van der Waals surface area contributed by atoms with Crippen LogP contribution in [0.25, 0.3) is 0 Å². The van der Waals surface area contributed by atoms with Gasteiger partial charge in [0.15, 0.2) is 0 Å². The van der Waals surface area contributed by atoms with Crippen molar-refractivity contribution in [1.29, 1.82) is 0 Å². The van der Waals surface area contributed by atoms with E-state index < -0.39 is 11.2 Å². The summed E-state index contributed by atoms with van der Waals surface area (Å²) >= 11 is 6.86. The fourth-order valence-electron chi connectivity index (χ4n) is 1.54. The molecule has 20 heavy (non-hydrogen) atoms. The summed E-state index contributed by atoms with van der Waals surface area (Å²) in [5.41, 5.74) is -0.601. The van der Waals surface area contributed by atoms with Crippen LogP contribution in [0.2, 0.25) is 0 Å². The Kier molecular flexibility index (Phi) is 4.92. The van der Waals surface area contributed by atoms with Gasteiger partial charge < -0.3 is 4.84 Å². The summed E-state index contributed by atoms with van der Waals surface area (Å²) in [7, 11) is 0. The number of benzene rings is 1. The largest absolute Gasteiger partial charge is 0.407 e. The maximum absolute atomic E-state index is 11.8. The number of aromatic amines is 1. The van der Waals surface area contributed by atoms with Crippen molar-refractivity contribution >= 4 is 23.4 Å². The first kappa shape index (κ1) is 14.7. The van der Waals surface area contributed by atoms with Gasteiger partial charge in [0.25, 0.3) is 5.56 Å². The minimum atomic E-state index is -0.607. The van der Waals surface area contributed by atoms with Crippen LogP contribution in [0.1, 0.15) is 5.56 Å². The molecule has 7 heteroatoms. The molecule has 0 unspecified atom stereocenters. The standard InChI is InChI=1S/C13H13ClN2O3S/c1-9-11(17)15-13(18)16(19-8-7-14)12(9)20-10-5-3-2-4-6-10/h2-6H,7-8H2,1H3,(H,15,17,18). The molecular weight excluding hydrogens is 300 g/mol. The molecule has 1 heterocycles. The van der Waals surface area contributed by atoms with Gasteiger partial charge in [-0.05, 0) is 19.1 Å². The number of nitrogens with zero attached hydrogens (tertiary/aromatic N) is 1. The van der Waals surface area contributed by atoms with E-state index in [1.807, 2.05) is 30.3 Å². The van der Waals surface area contributed by atoms with Gasteiger partial charge in [-0.1, -0.05) is 30.0 Å². The summed E-state index contributed by atoms with van der Waals surface area (Å²) in [6, 6.07) is 9.44. The zero-order valence-electron chi connectivity index (χ0n) is 10.8. The van der Waals surface area contributed by atoms with E-state index in [-0.39, 0.29) is 12.5 Å². The van der Waals surface area contributed by atoms with Gasteiger partial charge in [-0.25, -0.2) is 4.79 Å². The number of hydrogen-bond acceptors (Lipinski definition) is 4. The lowest BCUT2D eigenvalue weighted by Gasteiger charge is -2.13. The van der Waals surface area contributed by atoms with Crippen molar-refractivity contribution in [3.63, 3.8) is 0 Å². The van der Waals surface area contributed by atoms with E-state index in [0.717, 1.165) is 9.63 Å². The van der Waals surface area contributed by atoms with Crippen molar-refractivity contribution in [2.24, 2.45) is 0 Å². The summed E-state index contributed by atoms with van der Waals surface area (Å²) in [4.78, 5) is 32.0. The molecule has 0 saturated carbocycles. The molecule has 5 nitrogen and oxygen atoms in total. The molecule has 0 radical (unpaired) electrons. The lowest BCUT2D eigenvalue weighted by Crippen LogP contribution is -2.37. The van der Waals surface area contributed by atoms with Gasteiger partial charge in [-0.3, -0.25) is 9.78 Å². The summed E-state index contributed by atoms with van der Waals surface area (Å²) in [5, 5.41) is 0.454. The van der Waals surface area contributed by atoms with Gasteiger partial charge in [0.05, 0.1) is 5.88 Å². The normalized spacial score (nSPS) is 10.5. The van der Waals surface area contributed by atoms with Crippen molar-refractivity contribution in [3.8, 4) is 0 Å². The molecule has 0 amide bonds. The zero-order valence-corrected chi connectivity index (χ0v) is 12.3. The van der Waals surface area contributed by atoms with Crippen LogP contribution in [0.15, 0.2) is 49.8 Å². The average Bonchev–Trinajstić information content (AvgIpc) is 2.45. The number of halogens is 1. The summed E-state index contributed by atoms with van der Waals surface area (Å²) < 4.78 is 1.08. The van der Waals surface area contributed by atoms with Gasteiger partial charge >= 0.3 is 5.69 Å². The molecule has 0 bridgehead atoms. The van der Waals surface area contributed by atoms with Gasteiger partial charge in [-0.15, -0.1) is 16.3 Å². The second-order valence-electron chi connectivity index (χ2n) is 3.92. The van der Waals surface area contributed by atoms with Crippen molar-refractivity contribution in [1.82, 2.24) is 9.71 Å². The molecular formula is C13H13ClN2O3S. The quantitative estimate of drug-likeness (QED) is 0.674. The Morgan fingerprint density at radius 1 is 1.30 bits per heavy atom. The second-order valence-corrected chi connectivity index (χ2v) is 5.36. The fraction of sp³-hybridized carbons (Fsp3) is 0.231. The van der Waals surface area contributed by atoms with Crippen LogP contribution in [0.5, 0.6) is 0 Å². The molecule has 2 aromatic rings. The number of rotatable bonds is 5. The maximum Gasteiger partial charge on any atom is 0.362 e. The fourth-order valence-corrected chi connectivity index (χ4v) is 2.59. The lowest BCUT2D eigenvalue weighted by atomic mass is 10.4. The second kappa shape index (κ2) is 6.67. The smallest absolute Gasteiger partial charge is 0.362 e. The van der Waals surface area contributed by atoms with Gasteiger partial charge in [0.2, 0.25) is 0 Å². The highest BCUT2D eigenvalue weighted by atomic mass is 35.5. The Hall–Kier alpha value is -1.66. The van der Waals surface area contributed by atoms with Gasteiger partial charge in [0, 0.05) is 10.5 Å². The molecule has 0 fully saturated rings. The predicted molar refractivity (Wildman–Crippen MR) is 78.8 cm³/mol. The Labute approximate surface area is 124 Å². The lowest BCUT2D eigenvalue weighted by molar-refractivity contribution is 0.0903. The third kappa shape index (κ3) is 3.26. The molecule has 0 aliphatic rings. The number of nitrogens with one attached hydrogen (secondary N) is 1. The highest BCUT2D eigenvalue weighted by molar-refractivity contribution is 7.99. The molecule has 0 atom stereocenters. The SMILES string of the molecule is Cc1c(Sc2ccccc2)n(OCCCl)c(=O)[nH]c1=O. The molecule has 2 rings (SSSR count). The minimum Gasteiger partial charge on any atom is -0.407 e. The van der Waals surface area contributed by atoms with Crippen LogP contribution in [-0.4, -0.2) is 22.2 Å². The molecule has 1 aromatic heterocycles. The van der Waals surface area contributed by atoms with E-state index in [1.54, 1.807) is 6.92 Å². The first-order valence-electron chi connectivity index (χ1n) is 5.91. The molecule has 0 aliphatic carbocycles. The van der Waals surface area contributed by atoms with Crippen LogP contribution < -0.4 is 16.1 Å². The van der Waals surface area contributed by atoms with E-state index >= 15 is 0 Å². The van der Waals surface area contributed by atoms with Crippen LogP contribution in [0, 0.1) is 6.92 Å². The highest BCUT2D eigenvalue weighted by Gasteiger charge is 2.14. The van der Waals surface area contributed by atoms with E-state index in [1.165, 1.54) is 11.8 Å². The van der Waals surface area contributed by atoms with E-state index in [9.17, 15) is 9.59 Å². The maximum atomic E-state index is 11.8. The number of aromatic nitrogens is 2. The molecule has 1 aromatic carbocycles. The van der Waals surface area contributed by atoms with Gasteiger partial charge in [0.1, 0.15) is 11.6 Å². The first-order chi connectivity index (χ1) is 9.63. The van der Waals surface area contributed by atoms with Crippen molar-refractivity contribution in [3.05, 3.63) is 56.7 Å². The summed E-state index contributed by atoms with van der Waals surface area (Å²) in [6.45, 7) is 1.82. The van der Waals surface area contributed by atoms with Crippen molar-refractivity contribution < 1.29 is 4.84 Å². The predicted octanol–water partition coefficient (Wildman–Crippen LogP) is 1.66. The zero-order chi connectivity index (χ0) is 14.5. The molecule has 106 valence electrons. The van der Waals surface area contributed by atoms with Crippen molar-refractivity contribution in [2.45, 2.75) is 16.8 Å². The van der Waals surface area contributed by atoms with Crippen LogP contribution in [-0.2, 0) is 0 Å². The van der Waals surface area contributed by atoms with E-state index in [4.69, 9.17) is 16.4 Å². The van der Waals surface area contributed by atoms with Crippen LogP contribution in [0.3, 0.4) is 0 Å². The topological polar surface area (TPSA) is 64.1 Å². The third-order valence-electron chi connectivity index (χ3n) is 2.51. The van der Waals surface area contributed by atoms with Crippen LogP contribution >= 0.6 is 23.4 Å². The average molecular weight is 313 g/mol. The molecule has 0 saturated heterocycles. The molecule has 1 N–H and O–H groups in total. The van der Waals surface area contributed by atoms with E-state index in [2.05, 4.69) is 4.98 Å². The Morgan fingerprint density at radius 2 is 2.00 bits per heavy atom. The minimum absolute atomic E-state index is 0.176. The third-order valence-corrected chi connectivity index (χ3v) is 3.83. The monoisotopic (exact) mass is 312 g/mol. The molecule has 0 aliphatic heterocycles. The van der Waals surface area contributed by atoms with Crippen LogP contribution in [0.4, 0.5) is 0 Å². The van der Waals surface area contributed by atoms with E-state index in [0.29, 0.717) is 10.6 Å². The number of H-pyrrole nitrogens is 1. The Bertz CT molecular complexity index is 697. The Morgan fingerprint density at radius 3 is 2.65 bits per heavy atom. The first-order valence-corrected chi connectivity index (χ1v) is 7.26. The molecule has 0 spiro atoms. The summed E-state index contributed by atoms with van der Waals surface area (Å²) in [6.07, 6.45) is 0.